The fourth-order valence-electron chi connectivity index (χ4n) is 5.08. The second-order valence-electron chi connectivity index (χ2n) is 9.22. The summed E-state index contributed by atoms with van der Waals surface area (Å²) in [7, 11) is 0. The number of rotatable bonds is 5. The highest BCUT2D eigenvalue weighted by Crippen LogP contribution is 2.36. The maximum atomic E-state index is 13.0. The van der Waals surface area contributed by atoms with Crippen LogP contribution in [0.25, 0.3) is 10.8 Å². The van der Waals surface area contributed by atoms with Crippen LogP contribution in [0.2, 0.25) is 0 Å². The highest BCUT2D eigenvalue weighted by Gasteiger charge is 2.42. The van der Waals surface area contributed by atoms with Gasteiger partial charge in [-0.25, -0.2) is 4.90 Å². The van der Waals surface area contributed by atoms with Crippen molar-refractivity contribution < 1.29 is 28.8 Å². The molecule has 2 heterocycles. The van der Waals surface area contributed by atoms with Crippen molar-refractivity contribution in [3.8, 4) is 5.75 Å². The molecule has 4 aromatic carbocycles. The first-order chi connectivity index (χ1) is 18.8. The van der Waals surface area contributed by atoms with Crippen LogP contribution in [0.15, 0.2) is 84.9 Å². The van der Waals surface area contributed by atoms with Crippen LogP contribution in [0, 0.1) is 16.0 Å². The number of nitro benzene ring substituents is 1. The van der Waals surface area contributed by atoms with Crippen molar-refractivity contribution >= 4 is 51.5 Å². The summed E-state index contributed by atoms with van der Waals surface area (Å²) in [5.41, 5.74) is -0.00383. The van der Waals surface area contributed by atoms with Crippen LogP contribution in [-0.4, -0.2) is 35.2 Å². The van der Waals surface area contributed by atoms with Gasteiger partial charge in [0.15, 0.2) is 0 Å². The number of amides is 3. The molecule has 39 heavy (non-hydrogen) atoms. The smallest absolute Gasteiger partial charge is 0.316 e. The zero-order valence-electron chi connectivity index (χ0n) is 20.3. The van der Waals surface area contributed by atoms with Gasteiger partial charge in [-0.3, -0.25) is 29.3 Å². The molecule has 0 saturated carbocycles. The van der Waals surface area contributed by atoms with Crippen LogP contribution < -0.4 is 14.5 Å². The summed E-state index contributed by atoms with van der Waals surface area (Å²) in [6.45, 7) is 0.146. The van der Waals surface area contributed by atoms with Gasteiger partial charge in [-0.1, -0.05) is 48.5 Å². The maximum absolute atomic E-state index is 13.0. The number of ether oxygens (including phenoxy) is 1. The maximum Gasteiger partial charge on any atom is 0.316 e. The van der Waals surface area contributed by atoms with E-state index in [9.17, 15) is 29.3 Å². The average molecular weight is 521 g/mol. The number of esters is 1. The summed E-state index contributed by atoms with van der Waals surface area (Å²) in [6, 6.07) is 23.0. The molecule has 10 heteroatoms. The highest BCUT2D eigenvalue weighted by atomic mass is 16.6. The standard InChI is InChI=1S/C29H19N3O7/c33-25-14-18(16-30(25)23-12-3-7-17-6-1-2-10-21(17)23)29(36)39-20-9-4-8-19(15-20)31-27(34)22-11-5-13-24(32(37)38)26(22)28(31)35/h1-13,15,18H,14,16H2/t18-/m1/s1. The number of fused-ring (bicyclic) bond motifs is 2. The third-order valence-corrected chi connectivity index (χ3v) is 6.90. The van der Waals surface area contributed by atoms with E-state index in [1.54, 1.807) is 4.90 Å². The number of benzene rings is 4. The van der Waals surface area contributed by atoms with Crippen LogP contribution in [0.3, 0.4) is 0 Å². The Morgan fingerprint density at radius 3 is 2.46 bits per heavy atom. The van der Waals surface area contributed by atoms with Gasteiger partial charge >= 0.3 is 5.97 Å². The fourth-order valence-corrected chi connectivity index (χ4v) is 5.08. The molecule has 2 aliphatic rings. The Labute approximate surface area is 221 Å². The van der Waals surface area contributed by atoms with E-state index >= 15 is 0 Å². The number of anilines is 2. The van der Waals surface area contributed by atoms with Crippen LogP contribution in [0.1, 0.15) is 27.1 Å². The molecule has 1 atom stereocenters. The minimum atomic E-state index is -0.835. The monoisotopic (exact) mass is 521 g/mol. The van der Waals surface area contributed by atoms with E-state index in [0.717, 1.165) is 27.4 Å². The Bertz CT molecular complexity index is 1730. The normalized spacial score (nSPS) is 16.6. The van der Waals surface area contributed by atoms with Crippen molar-refractivity contribution in [3.05, 3.63) is 106 Å². The molecular weight excluding hydrogens is 502 g/mol. The fraction of sp³-hybridized carbons (Fsp3) is 0.103. The van der Waals surface area contributed by atoms with E-state index in [2.05, 4.69) is 0 Å². The Morgan fingerprint density at radius 1 is 0.897 bits per heavy atom. The topological polar surface area (TPSA) is 127 Å². The van der Waals surface area contributed by atoms with Crippen LogP contribution in [0.5, 0.6) is 5.75 Å². The molecule has 3 amide bonds. The van der Waals surface area contributed by atoms with Crippen molar-refractivity contribution in [2.45, 2.75) is 6.42 Å². The molecular formula is C29H19N3O7. The van der Waals surface area contributed by atoms with E-state index in [0.29, 0.717) is 0 Å². The molecule has 6 rings (SSSR count). The molecule has 0 bridgehead atoms. The van der Waals surface area contributed by atoms with Crippen molar-refractivity contribution in [2.75, 3.05) is 16.3 Å². The van der Waals surface area contributed by atoms with E-state index in [1.807, 2.05) is 42.5 Å². The van der Waals surface area contributed by atoms with Crippen LogP contribution in [0.4, 0.5) is 17.1 Å². The quantitative estimate of drug-likeness (QED) is 0.124. The van der Waals surface area contributed by atoms with Gasteiger partial charge in [0, 0.05) is 30.5 Å². The second kappa shape index (κ2) is 9.18. The number of carbonyl (C=O) groups is 4. The van der Waals surface area contributed by atoms with E-state index in [-0.39, 0.29) is 41.4 Å². The lowest BCUT2D eigenvalue weighted by atomic mass is 10.1. The molecule has 10 nitrogen and oxygen atoms in total. The van der Waals surface area contributed by atoms with E-state index in [4.69, 9.17) is 4.74 Å². The van der Waals surface area contributed by atoms with Gasteiger partial charge < -0.3 is 9.64 Å². The lowest BCUT2D eigenvalue weighted by Gasteiger charge is -2.19. The molecule has 0 spiro atoms. The molecule has 0 unspecified atom stereocenters. The summed E-state index contributed by atoms with van der Waals surface area (Å²) in [4.78, 5) is 65.0. The van der Waals surface area contributed by atoms with Crippen molar-refractivity contribution in [3.63, 3.8) is 0 Å². The molecule has 0 N–H and O–H groups in total. The number of hydrogen-bond donors (Lipinski definition) is 0. The van der Waals surface area contributed by atoms with Gasteiger partial charge in [0.05, 0.1) is 27.8 Å². The molecule has 0 radical (unpaired) electrons. The molecule has 0 aromatic heterocycles. The summed E-state index contributed by atoms with van der Waals surface area (Å²) in [5.74, 6) is -3.02. The number of nitrogens with zero attached hydrogens (tertiary/aromatic N) is 3. The first-order valence-corrected chi connectivity index (χ1v) is 12.1. The Kier molecular flexibility index (Phi) is 5.64. The number of nitro groups is 1. The van der Waals surface area contributed by atoms with E-state index in [1.165, 1.54) is 36.4 Å². The van der Waals surface area contributed by atoms with Crippen molar-refractivity contribution in [2.24, 2.45) is 5.92 Å². The molecule has 192 valence electrons. The van der Waals surface area contributed by atoms with Gasteiger partial charge in [-0.2, -0.15) is 0 Å². The molecule has 0 aliphatic carbocycles. The molecule has 1 fully saturated rings. The van der Waals surface area contributed by atoms with Crippen LogP contribution >= 0.6 is 0 Å². The Balaban J connectivity index is 1.22. The zero-order chi connectivity index (χ0) is 27.3. The highest BCUT2D eigenvalue weighted by molar-refractivity contribution is 6.35. The number of hydrogen-bond acceptors (Lipinski definition) is 7. The Hall–Kier alpha value is -5.38. The SMILES string of the molecule is O=C(Oc1cccc(N2C(=O)c3cccc([N+](=O)[O-])c3C2=O)c1)[C@@H]1CC(=O)N(c2cccc3ccccc23)C1. The lowest BCUT2D eigenvalue weighted by Crippen LogP contribution is -2.29. The average Bonchev–Trinajstić information content (AvgIpc) is 3.45. The second-order valence-corrected chi connectivity index (χ2v) is 9.22. The van der Waals surface area contributed by atoms with Crippen molar-refractivity contribution in [1.29, 1.82) is 0 Å². The van der Waals surface area contributed by atoms with Crippen LogP contribution in [-0.2, 0) is 9.59 Å². The number of imide groups is 1. The third-order valence-electron chi connectivity index (χ3n) is 6.90. The Morgan fingerprint density at radius 2 is 1.64 bits per heavy atom. The van der Waals surface area contributed by atoms with Gasteiger partial charge in [0.2, 0.25) is 5.91 Å². The van der Waals surface area contributed by atoms with E-state index < -0.39 is 34.3 Å². The summed E-state index contributed by atoms with van der Waals surface area (Å²) in [5, 5.41) is 13.3. The predicted octanol–water partition coefficient (Wildman–Crippen LogP) is 4.51. The largest absolute Gasteiger partial charge is 0.426 e. The first kappa shape index (κ1) is 24.0. The van der Waals surface area contributed by atoms with Gasteiger partial charge in [0.1, 0.15) is 11.3 Å². The molecule has 1 saturated heterocycles. The third kappa shape index (κ3) is 3.98. The molecule has 4 aromatic rings. The number of carbonyl (C=O) groups excluding carboxylic acids is 4. The predicted molar refractivity (Wildman–Crippen MR) is 141 cm³/mol. The van der Waals surface area contributed by atoms with Gasteiger partial charge in [-0.05, 0) is 29.7 Å². The van der Waals surface area contributed by atoms with Gasteiger partial charge in [-0.15, -0.1) is 0 Å². The summed E-state index contributed by atoms with van der Waals surface area (Å²) >= 11 is 0. The summed E-state index contributed by atoms with van der Waals surface area (Å²) < 4.78 is 5.55. The molecule has 2 aliphatic heterocycles. The van der Waals surface area contributed by atoms with Gasteiger partial charge in [0.25, 0.3) is 17.5 Å². The minimum Gasteiger partial charge on any atom is -0.426 e. The summed E-state index contributed by atoms with van der Waals surface area (Å²) in [6.07, 6.45) is -0.0240. The minimum absolute atomic E-state index is 0.0240. The van der Waals surface area contributed by atoms with Crippen molar-refractivity contribution in [1.82, 2.24) is 0 Å². The first-order valence-electron chi connectivity index (χ1n) is 12.1. The lowest BCUT2D eigenvalue weighted by molar-refractivity contribution is -0.385. The zero-order valence-corrected chi connectivity index (χ0v) is 20.3.